The van der Waals surface area contributed by atoms with Gasteiger partial charge < -0.3 is 9.72 Å². The van der Waals surface area contributed by atoms with Crippen LogP contribution in [0.1, 0.15) is 0 Å². The van der Waals surface area contributed by atoms with Gasteiger partial charge in [-0.05, 0) is 19.1 Å². The number of ether oxygens (including phenoxy) is 1. The Morgan fingerprint density at radius 3 is 3.12 bits per heavy atom. The van der Waals surface area contributed by atoms with E-state index in [4.69, 9.17) is 4.74 Å². The van der Waals surface area contributed by atoms with E-state index in [0.717, 1.165) is 5.88 Å². The van der Waals surface area contributed by atoms with E-state index in [-0.39, 0.29) is 0 Å². The first-order valence-corrected chi connectivity index (χ1v) is 2.49. The van der Waals surface area contributed by atoms with Gasteiger partial charge in [0.25, 0.3) is 0 Å². The molecule has 8 heavy (non-hydrogen) atoms. The molecule has 0 aliphatic rings. The average Bonchev–Trinajstić information content (AvgIpc) is 2.19. The predicted molar refractivity (Wildman–Crippen MR) is 31.6 cm³/mol. The third-order valence-corrected chi connectivity index (χ3v) is 0.827. The number of aromatic nitrogens is 1. The molecule has 1 aromatic heterocycles. The monoisotopic (exact) mass is 110 g/mol. The van der Waals surface area contributed by atoms with Gasteiger partial charge in [0.15, 0.2) is 5.88 Å². The second-order valence-corrected chi connectivity index (χ2v) is 1.38. The third-order valence-electron chi connectivity index (χ3n) is 0.827. The highest BCUT2D eigenvalue weighted by molar-refractivity contribution is 5.09. The van der Waals surface area contributed by atoms with Crippen LogP contribution < -0.4 is 4.74 Å². The lowest BCUT2D eigenvalue weighted by Crippen LogP contribution is -1.90. The Morgan fingerprint density at radius 1 is 1.75 bits per heavy atom. The molecule has 0 amide bonds. The molecule has 1 aromatic rings. The minimum atomic E-state index is 0.473. The Bertz CT molecular complexity index is 134. The van der Waals surface area contributed by atoms with Gasteiger partial charge in [-0.25, -0.2) is 0 Å². The van der Waals surface area contributed by atoms with Crippen LogP contribution in [0.25, 0.3) is 0 Å². The van der Waals surface area contributed by atoms with Crippen molar-refractivity contribution in [2.24, 2.45) is 0 Å². The zero-order valence-electron chi connectivity index (χ0n) is 4.55. The number of hydrogen-bond donors (Lipinski definition) is 1. The molecule has 0 fully saturated rings. The van der Waals surface area contributed by atoms with Crippen LogP contribution in [-0.2, 0) is 0 Å². The first-order chi connectivity index (χ1) is 3.93. The van der Waals surface area contributed by atoms with Gasteiger partial charge in [0, 0.05) is 6.20 Å². The summed E-state index contributed by atoms with van der Waals surface area (Å²) in [6.45, 7) is 3.99. The molecule has 0 unspecified atom stereocenters. The van der Waals surface area contributed by atoms with Crippen molar-refractivity contribution in [3.8, 4) is 5.88 Å². The molecule has 1 radical (unpaired) electrons. The number of H-pyrrole nitrogens is 1. The van der Waals surface area contributed by atoms with Crippen molar-refractivity contribution in [2.75, 3.05) is 6.61 Å². The Morgan fingerprint density at radius 2 is 2.62 bits per heavy atom. The van der Waals surface area contributed by atoms with Gasteiger partial charge >= 0.3 is 0 Å². The van der Waals surface area contributed by atoms with Crippen molar-refractivity contribution in [3.05, 3.63) is 25.3 Å². The highest BCUT2D eigenvalue weighted by Crippen LogP contribution is 2.02. The molecular weight excluding hydrogens is 102 g/mol. The van der Waals surface area contributed by atoms with Crippen molar-refractivity contribution in [1.82, 2.24) is 4.98 Å². The van der Waals surface area contributed by atoms with Gasteiger partial charge in [-0.3, -0.25) is 0 Å². The van der Waals surface area contributed by atoms with Crippen LogP contribution in [0.4, 0.5) is 0 Å². The van der Waals surface area contributed by atoms with Gasteiger partial charge in [0.1, 0.15) is 0 Å². The number of nitrogens with one attached hydrogen (secondary N) is 1. The molecule has 0 aliphatic heterocycles. The molecule has 2 nitrogen and oxygen atoms in total. The fourth-order valence-corrected chi connectivity index (χ4v) is 0.514. The molecule has 0 aliphatic carbocycles. The summed E-state index contributed by atoms with van der Waals surface area (Å²) in [5.74, 6) is 0.778. The van der Waals surface area contributed by atoms with Crippen molar-refractivity contribution in [2.45, 2.75) is 0 Å². The average molecular weight is 110 g/mol. The van der Waals surface area contributed by atoms with Crippen LogP contribution in [-0.4, -0.2) is 11.6 Å². The fourth-order valence-electron chi connectivity index (χ4n) is 0.514. The summed E-state index contributed by atoms with van der Waals surface area (Å²) < 4.78 is 4.98. The minimum absolute atomic E-state index is 0.473. The van der Waals surface area contributed by atoms with Crippen molar-refractivity contribution in [3.63, 3.8) is 0 Å². The minimum Gasteiger partial charge on any atom is -0.479 e. The van der Waals surface area contributed by atoms with Gasteiger partial charge in [0.05, 0.1) is 6.61 Å². The SMILES string of the molecule is [CH2]COc1ccc[nH]1. The smallest absolute Gasteiger partial charge is 0.190 e. The summed E-state index contributed by atoms with van der Waals surface area (Å²) >= 11 is 0. The lowest BCUT2D eigenvalue weighted by Gasteiger charge is -1.94. The van der Waals surface area contributed by atoms with Crippen LogP contribution in [0.2, 0.25) is 0 Å². The quantitative estimate of drug-likeness (QED) is 0.608. The van der Waals surface area contributed by atoms with Crippen LogP contribution in [0.3, 0.4) is 0 Å². The summed E-state index contributed by atoms with van der Waals surface area (Å²) in [6, 6.07) is 3.73. The maximum Gasteiger partial charge on any atom is 0.190 e. The summed E-state index contributed by atoms with van der Waals surface area (Å²) in [5, 5.41) is 0. The Balaban J connectivity index is 2.50. The summed E-state index contributed by atoms with van der Waals surface area (Å²) in [4.78, 5) is 2.88. The topological polar surface area (TPSA) is 25.0 Å². The van der Waals surface area contributed by atoms with Crippen LogP contribution in [0.5, 0.6) is 5.88 Å². The van der Waals surface area contributed by atoms with E-state index in [1.54, 1.807) is 0 Å². The summed E-state index contributed by atoms with van der Waals surface area (Å²) in [5.41, 5.74) is 0. The molecular formula is C6H8NO. The number of hydrogen-bond acceptors (Lipinski definition) is 1. The van der Waals surface area contributed by atoms with E-state index in [1.807, 2.05) is 18.3 Å². The molecule has 0 aromatic carbocycles. The zero-order chi connectivity index (χ0) is 5.82. The van der Waals surface area contributed by atoms with Gasteiger partial charge in [0.2, 0.25) is 0 Å². The van der Waals surface area contributed by atoms with E-state index < -0.39 is 0 Å². The van der Waals surface area contributed by atoms with E-state index in [2.05, 4.69) is 11.9 Å². The third kappa shape index (κ3) is 1.03. The van der Waals surface area contributed by atoms with Gasteiger partial charge in [-0.1, -0.05) is 0 Å². The first kappa shape index (κ1) is 5.22. The maximum absolute atomic E-state index is 4.98. The molecule has 2 heteroatoms. The number of rotatable bonds is 2. The molecule has 43 valence electrons. The molecule has 0 spiro atoms. The highest BCUT2D eigenvalue weighted by Gasteiger charge is 1.85. The maximum atomic E-state index is 4.98. The van der Waals surface area contributed by atoms with Gasteiger partial charge in [-0.2, -0.15) is 0 Å². The van der Waals surface area contributed by atoms with Crippen LogP contribution in [0.15, 0.2) is 18.3 Å². The lowest BCUT2D eigenvalue weighted by atomic mass is 10.6. The molecule has 0 saturated heterocycles. The largest absolute Gasteiger partial charge is 0.479 e. The summed E-state index contributed by atoms with van der Waals surface area (Å²) in [6.07, 6.45) is 1.81. The normalized spacial score (nSPS) is 9.12. The van der Waals surface area contributed by atoms with E-state index >= 15 is 0 Å². The molecule has 1 rings (SSSR count). The molecule has 0 saturated carbocycles. The Hall–Kier alpha value is -0.920. The molecule has 0 bridgehead atoms. The Labute approximate surface area is 48.5 Å². The molecule has 1 heterocycles. The Kier molecular flexibility index (Phi) is 1.57. The van der Waals surface area contributed by atoms with Gasteiger partial charge in [-0.15, -0.1) is 0 Å². The lowest BCUT2D eigenvalue weighted by molar-refractivity contribution is 0.349. The standard InChI is InChI=1S/C6H8NO/c1-2-8-6-4-3-5-7-6/h3-5,7H,1-2H2. The summed E-state index contributed by atoms with van der Waals surface area (Å²) in [7, 11) is 0. The van der Waals surface area contributed by atoms with Crippen LogP contribution >= 0.6 is 0 Å². The van der Waals surface area contributed by atoms with E-state index in [1.165, 1.54) is 0 Å². The van der Waals surface area contributed by atoms with Crippen molar-refractivity contribution in [1.29, 1.82) is 0 Å². The van der Waals surface area contributed by atoms with Crippen molar-refractivity contribution < 1.29 is 4.74 Å². The van der Waals surface area contributed by atoms with Crippen molar-refractivity contribution >= 4 is 0 Å². The zero-order valence-corrected chi connectivity index (χ0v) is 4.55. The highest BCUT2D eigenvalue weighted by atomic mass is 16.5. The predicted octanol–water partition coefficient (Wildman–Crippen LogP) is 1.23. The second-order valence-electron chi connectivity index (χ2n) is 1.38. The second kappa shape index (κ2) is 2.40. The first-order valence-electron chi connectivity index (χ1n) is 2.49. The molecule has 0 atom stereocenters. The van der Waals surface area contributed by atoms with E-state index in [0.29, 0.717) is 6.61 Å². The fraction of sp³-hybridized carbons (Fsp3) is 0.167. The number of aromatic amines is 1. The van der Waals surface area contributed by atoms with E-state index in [9.17, 15) is 0 Å². The van der Waals surface area contributed by atoms with Crippen LogP contribution in [0, 0.1) is 6.92 Å². The molecule has 1 N–H and O–H groups in total.